The van der Waals surface area contributed by atoms with Gasteiger partial charge in [0.25, 0.3) is 0 Å². The number of hydrogen-bond acceptors (Lipinski definition) is 2. The Labute approximate surface area is 95.1 Å². The van der Waals surface area contributed by atoms with Gasteiger partial charge in [0, 0.05) is 4.47 Å². The minimum absolute atomic E-state index is 0.341. The highest BCUT2D eigenvalue weighted by molar-refractivity contribution is 9.11. The van der Waals surface area contributed by atoms with Crippen molar-refractivity contribution in [2.75, 3.05) is 0 Å². The molecule has 1 aromatic heterocycles. The molecule has 1 heterocycles. The molecule has 0 aromatic carbocycles. The number of nitrogens with zero attached hydrogens (tertiary/aromatic N) is 1. The number of aromatic nitrogens is 1. The lowest BCUT2D eigenvalue weighted by Gasteiger charge is -2.02. The van der Waals surface area contributed by atoms with Gasteiger partial charge >= 0.3 is 0 Å². The van der Waals surface area contributed by atoms with Gasteiger partial charge in [-0.2, -0.15) is 0 Å². The normalized spacial score (nSPS) is 12.6. The van der Waals surface area contributed by atoms with Crippen LogP contribution in [0.15, 0.2) is 21.2 Å². The Morgan fingerprint density at radius 3 is 2.58 bits per heavy atom. The van der Waals surface area contributed by atoms with Crippen LogP contribution in [-0.4, -0.2) is 11.3 Å². The van der Waals surface area contributed by atoms with Crippen molar-refractivity contribution >= 4 is 54.1 Å². The first-order chi connectivity index (χ1) is 5.63. The van der Waals surface area contributed by atoms with E-state index >= 15 is 0 Å². The Balaban J connectivity index is 3.08. The second-order valence-corrected chi connectivity index (χ2v) is 4.79. The zero-order valence-electron chi connectivity index (χ0n) is 5.80. The number of pyridine rings is 1. The van der Waals surface area contributed by atoms with E-state index in [1.165, 1.54) is 0 Å². The quantitative estimate of drug-likeness (QED) is 0.462. The molecule has 0 bridgehead atoms. The van der Waals surface area contributed by atoms with E-state index < -0.39 is 0 Å². The minimum Gasteiger partial charge on any atom is -0.302 e. The Kier molecular flexibility index (Phi) is 3.86. The van der Waals surface area contributed by atoms with E-state index in [1.54, 1.807) is 6.07 Å². The van der Waals surface area contributed by atoms with Gasteiger partial charge in [0.1, 0.15) is 15.7 Å². The molecule has 64 valence electrons. The van der Waals surface area contributed by atoms with Crippen molar-refractivity contribution < 1.29 is 4.79 Å². The molecule has 0 saturated carbocycles. The van der Waals surface area contributed by atoms with Crippen LogP contribution >= 0.6 is 47.8 Å². The van der Waals surface area contributed by atoms with Crippen LogP contribution in [0.4, 0.5) is 0 Å². The Morgan fingerprint density at radius 2 is 2.08 bits per heavy atom. The molecule has 12 heavy (non-hydrogen) atoms. The van der Waals surface area contributed by atoms with E-state index in [2.05, 4.69) is 52.8 Å². The molecule has 0 fully saturated rings. The summed E-state index contributed by atoms with van der Waals surface area (Å²) in [4.78, 5) is 14.2. The molecule has 0 aliphatic carbocycles. The van der Waals surface area contributed by atoms with E-state index in [9.17, 15) is 4.79 Å². The number of alkyl halides is 1. The zero-order valence-corrected chi connectivity index (χ0v) is 10.6. The van der Waals surface area contributed by atoms with Crippen molar-refractivity contribution in [2.24, 2.45) is 0 Å². The molecule has 0 saturated heterocycles. The van der Waals surface area contributed by atoms with E-state index in [0.717, 1.165) is 10.8 Å². The molecule has 0 radical (unpaired) electrons. The van der Waals surface area contributed by atoms with Crippen molar-refractivity contribution in [3.63, 3.8) is 0 Å². The molecule has 0 spiro atoms. The maximum atomic E-state index is 10.4. The van der Waals surface area contributed by atoms with Gasteiger partial charge < -0.3 is 4.79 Å². The Morgan fingerprint density at radius 1 is 1.42 bits per heavy atom. The SMILES string of the molecule is O=CC(Br)c1cc(Br)cc(Br)n1. The molecule has 0 aliphatic heterocycles. The summed E-state index contributed by atoms with van der Waals surface area (Å²) >= 11 is 9.72. The van der Waals surface area contributed by atoms with Gasteiger partial charge in [-0.1, -0.05) is 31.9 Å². The molecule has 0 N–H and O–H groups in total. The van der Waals surface area contributed by atoms with Gasteiger partial charge in [-0.25, -0.2) is 4.98 Å². The smallest absolute Gasteiger partial charge is 0.139 e. The second kappa shape index (κ2) is 4.48. The van der Waals surface area contributed by atoms with Crippen LogP contribution in [-0.2, 0) is 4.79 Å². The molecular weight excluding hydrogens is 354 g/mol. The molecule has 1 aromatic rings. The van der Waals surface area contributed by atoms with Gasteiger partial charge in [-0.15, -0.1) is 0 Å². The van der Waals surface area contributed by atoms with Gasteiger partial charge in [-0.3, -0.25) is 0 Å². The lowest BCUT2D eigenvalue weighted by atomic mass is 10.3. The summed E-state index contributed by atoms with van der Waals surface area (Å²) < 4.78 is 1.60. The van der Waals surface area contributed by atoms with E-state index in [1.807, 2.05) is 6.07 Å². The minimum atomic E-state index is -0.341. The lowest BCUT2D eigenvalue weighted by molar-refractivity contribution is -0.107. The molecule has 1 rings (SSSR count). The molecule has 1 unspecified atom stereocenters. The van der Waals surface area contributed by atoms with Crippen LogP contribution in [0.2, 0.25) is 0 Å². The largest absolute Gasteiger partial charge is 0.302 e. The van der Waals surface area contributed by atoms with Gasteiger partial charge in [0.15, 0.2) is 0 Å². The lowest BCUT2D eigenvalue weighted by Crippen LogP contribution is -1.95. The summed E-state index contributed by atoms with van der Waals surface area (Å²) in [5.41, 5.74) is 0.686. The second-order valence-electron chi connectivity index (χ2n) is 2.07. The molecule has 1 atom stereocenters. The highest BCUT2D eigenvalue weighted by atomic mass is 79.9. The number of halogens is 3. The topological polar surface area (TPSA) is 30.0 Å². The summed E-state index contributed by atoms with van der Waals surface area (Å²) in [5, 5.41) is 0. The average molecular weight is 358 g/mol. The van der Waals surface area contributed by atoms with Gasteiger partial charge in [-0.05, 0) is 28.1 Å². The van der Waals surface area contributed by atoms with Crippen LogP contribution in [0.1, 0.15) is 10.5 Å². The van der Waals surface area contributed by atoms with Crippen LogP contribution in [0.5, 0.6) is 0 Å². The first kappa shape index (κ1) is 10.3. The number of carbonyl (C=O) groups is 1. The number of aldehydes is 1. The third-order valence-corrected chi connectivity index (χ3v) is 2.73. The number of carbonyl (C=O) groups excluding carboxylic acids is 1. The average Bonchev–Trinajstić information content (AvgIpc) is 2.01. The van der Waals surface area contributed by atoms with Crippen molar-refractivity contribution in [3.05, 3.63) is 26.9 Å². The molecule has 0 aliphatic rings. The van der Waals surface area contributed by atoms with Crippen molar-refractivity contribution in [2.45, 2.75) is 4.83 Å². The first-order valence-corrected chi connectivity index (χ1v) is 5.56. The number of hydrogen-bond donors (Lipinski definition) is 0. The van der Waals surface area contributed by atoms with Gasteiger partial charge in [0.2, 0.25) is 0 Å². The van der Waals surface area contributed by atoms with Crippen molar-refractivity contribution in [3.8, 4) is 0 Å². The van der Waals surface area contributed by atoms with Crippen LogP contribution in [0, 0.1) is 0 Å². The molecule has 5 heteroatoms. The molecular formula is C7H4Br3NO. The zero-order chi connectivity index (χ0) is 9.14. The fourth-order valence-electron chi connectivity index (χ4n) is 0.696. The Hall–Kier alpha value is 0.260. The monoisotopic (exact) mass is 355 g/mol. The van der Waals surface area contributed by atoms with E-state index in [-0.39, 0.29) is 4.83 Å². The standard InChI is InChI=1S/C7H4Br3NO/c8-4-1-6(5(9)3-12)11-7(10)2-4/h1-3,5H. The van der Waals surface area contributed by atoms with E-state index in [4.69, 9.17) is 0 Å². The highest BCUT2D eigenvalue weighted by Crippen LogP contribution is 2.24. The maximum absolute atomic E-state index is 10.4. The molecule has 2 nitrogen and oxygen atoms in total. The predicted octanol–water partition coefficient (Wildman–Crippen LogP) is 3.24. The summed E-state index contributed by atoms with van der Waals surface area (Å²) in [6.07, 6.45) is 0.793. The van der Waals surface area contributed by atoms with Gasteiger partial charge in [0.05, 0.1) is 5.69 Å². The van der Waals surface area contributed by atoms with Crippen molar-refractivity contribution in [1.82, 2.24) is 4.98 Å². The number of rotatable bonds is 2. The van der Waals surface area contributed by atoms with Crippen LogP contribution in [0.25, 0.3) is 0 Å². The molecule has 0 amide bonds. The fourth-order valence-corrected chi connectivity index (χ4v) is 2.14. The fraction of sp³-hybridized carbons (Fsp3) is 0.143. The third kappa shape index (κ3) is 2.64. The Bertz CT molecular complexity index is 282. The summed E-state index contributed by atoms with van der Waals surface area (Å²) in [5.74, 6) is 0. The summed E-state index contributed by atoms with van der Waals surface area (Å²) in [6, 6.07) is 3.60. The van der Waals surface area contributed by atoms with E-state index in [0.29, 0.717) is 10.3 Å². The van der Waals surface area contributed by atoms with Crippen LogP contribution in [0.3, 0.4) is 0 Å². The summed E-state index contributed by atoms with van der Waals surface area (Å²) in [7, 11) is 0. The van der Waals surface area contributed by atoms with Crippen LogP contribution < -0.4 is 0 Å². The third-order valence-electron chi connectivity index (χ3n) is 1.18. The summed E-state index contributed by atoms with van der Waals surface area (Å²) in [6.45, 7) is 0. The van der Waals surface area contributed by atoms with Crippen molar-refractivity contribution in [1.29, 1.82) is 0 Å². The first-order valence-electron chi connectivity index (χ1n) is 3.06. The maximum Gasteiger partial charge on any atom is 0.139 e. The predicted molar refractivity (Wildman–Crippen MR) is 57.4 cm³/mol. The highest BCUT2D eigenvalue weighted by Gasteiger charge is 2.08.